The van der Waals surface area contributed by atoms with Gasteiger partial charge in [0.2, 0.25) is 5.91 Å². The van der Waals surface area contributed by atoms with Gasteiger partial charge in [-0.15, -0.1) is 0 Å². The van der Waals surface area contributed by atoms with Crippen molar-refractivity contribution in [1.29, 1.82) is 0 Å². The number of hydrogen-bond donors (Lipinski definition) is 0. The van der Waals surface area contributed by atoms with E-state index >= 15 is 0 Å². The SMILES string of the molecule is C=CC(=O)N(CCCOCC)Cc1ccc2c(c1)CCCN2CCC. The number of anilines is 1. The van der Waals surface area contributed by atoms with E-state index in [0.717, 1.165) is 25.9 Å². The van der Waals surface area contributed by atoms with Crippen LogP contribution < -0.4 is 4.90 Å². The third-order valence-corrected chi connectivity index (χ3v) is 4.63. The van der Waals surface area contributed by atoms with Gasteiger partial charge in [-0.2, -0.15) is 0 Å². The number of rotatable bonds is 10. The average Bonchev–Trinajstić information content (AvgIpc) is 2.64. The number of amides is 1. The predicted octanol–water partition coefficient (Wildman–Crippen LogP) is 3.79. The van der Waals surface area contributed by atoms with Gasteiger partial charge in [-0.25, -0.2) is 0 Å². The number of ether oxygens (including phenoxy) is 1. The summed E-state index contributed by atoms with van der Waals surface area (Å²) in [5.74, 6) is -0.0122. The molecule has 1 heterocycles. The zero-order valence-electron chi connectivity index (χ0n) is 15.8. The van der Waals surface area contributed by atoms with Gasteiger partial charge >= 0.3 is 0 Å². The van der Waals surface area contributed by atoms with Gasteiger partial charge in [0.1, 0.15) is 0 Å². The summed E-state index contributed by atoms with van der Waals surface area (Å²) in [6.07, 6.45) is 5.76. The molecule has 25 heavy (non-hydrogen) atoms. The molecule has 0 saturated carbocycles. The summed E-state index contributed by atoms with van der Waals surface area (Å²) in [6, 6.07) is 6.68. The predicted molar refractivity (Wildman–Crippen MR) is 104 cm³/mol. The minimum absolute atomic E-state index is 0.0122. The van der Waals surface area contributed by atoms with Gasteiger partial charge in [-0.05, 0) is 55.9 Å². The maximum atomic E-state index is 12.2. The molecular formula is C21H32N2O2. The summed E-state index contributed by atoms with van der Waals surface area (Å²) in [6.45, 7) is 12.9. The Morgan fingerprint density at radius 2 is 2.24 bits per heavy atom. The Morgan fingerprint density at radius 1 is 1.40 bits per heavy atom. The van der Waals surface area contributed by atoms with Crippen LogP contribution >= 0.6 is 0 Å². The summed E-state index contributed by atoms with van der Waals surface area (Å²) in [5, 5.41) is 0. The van der Waals surface area contributed by atoms with Crippen molar-refractivity contribution in [3.8, 4) is 0 Å². The fraction of sp³-hybridized carbons (Fsp3) is 0.571. The van der Waals surface area contributed by atoms with E-state index in [1.807, 2.05) is 11.8 Å². The van der Waals surface area contributed by atoms with Gasteiger partial charge in [0, 0.05) is 45.1 Å². The Labute approximate surface area is 152 Å². The quantitative estimate of drug-likeness (QED) is 0.478. The van der Waals surface area contributed by atoms with E-state index in [9.17, 15) is 4.79 Å². The van der Waals surface area contributed by atoms with Crippen LogP contribution in [0.25, 0.3) is 0 Å². The first-order valence-electron chi connectivity index (χ1n) is 9.55. The van der Waals surface area contributed by atoms with Crippen LogP contribution in [0.5, 0.6) is 0 Å². The van der Waals surface area contributed by atoms with E-state index in [1.54, 1.807) is 0 Å². The van der Waals surface area contributed by atoms with Crippen LogP contribution in [0.3, 0.4) is 0 Å². The van der Waals surface area contributed by atoms with Crippen molar-refractivity contribution >= 4 is 11.6 Å². The Morgan fingerprint density at radius 3 is 2.96 bits per heavy atom. The second-order valence-electron chi connectivity index (χ2n) is 6.57. The van der Waals surface area contributed by atoms with Crippen LogP contribution in [-0.4, -0.2) is 43.7 Å². The van der Waals surface area contributed by atoms with Crippen LogP contribution in [-0.2, 0) is 22.5 Å². The molecule has 0 aromatic heterocycles. The lowest BCUT2D eigenvalue weighted by molar-refractivity contribution is -0.126. The van der Waals surface area contributed by atoms with Crippen molar-refractivity contribution in [3.63, 3.8) is 0 Å². The third-order valence-electron chi connectivity index (χ3n) is 4.63. The molecule has 1 aliphatic rings. The first kappa shape index (κ1) is 19.5. The minimum atomic E-state index is -0.0122. The zero-order chi connectivity index (χ0) is 18.1. The van der Waals surface area contributed by atoms with Crippen LogP contribution in [0.1, 0.15) is 44.2 Å². The van der Waals surface area contributed by atoms with Crippen molar-refractivity contribution in [3.05, 3.63) is 42.0 Å². The molecule has 0 N–H and O–H groups in total. The highest BCUT2D eigenvalue weighted by Crippen LogP contribution is 2.28. The molecule has 2 rings (SSSR count). The van der Waals surface area contributed by atoms with E-state index in [4.69, 9.17) is 4.74 Å². The highest BCUT2D eigenvalue weighted by Gasteiger charge is 2.17. The molecule has 0 radical (unpaired) electrons. The van der Waals surface area contributed by atoms with Crippen LogP contribution in [0.15, 0.2) is 30.9 Å². The molecule has 0 bridgehead atoms. The lowest BCUT2D eigenvalue weighted by Crippen LogP contribution is -2.31. The van der Waals surface area contributed by atoms with E-state index in [2.05, 4.69) is 36.6 Å². The molecule has 1 aliphatic heterocycles. The van der Waals surface area contributed by atoms with Crippen LogP contribution in [0.4, 0.5) is 5.69 Å². The minimum Gasteiger partial charge on any atom is -0.382 e. The molecule has 1 amide bonds. The van der Waals surface area contributed by atoms with Crippen molar-refractivity contribution < 1.29 is 9.53 Å². The summed E-state index contributed by atoms with van der Waals surface area (Å²) < 4.78 is 5.39. The molecule has 1 aromatic carbocycles. The summed E-state index contributed by atoms with van der Waals surface area (Å²) in [5.41, 5.74) is 3.98. The van der Waals surface area contributed by atoms with Gasteiger partial charge in [0.05, 0.1) is 0 Å². The number of nitrogens with zero attached hydrogens (tertiary/aromatic N) is 2. The molecule has 1 aromatic rings. The number of benzene rings is 1. The largest absolute Gasteiger partial charge is 0.382 e. The smallest absolute Gasteiger partial charge is 0.246 e. The number of carbonyl (C=O) groups excluding carboxylic acids is 1. The summed E-state index contributed by atoms with van der Waals surface area (Å²) in [7, 11) is 0. The number of aryl methyl sites for hydroxylation is 1. The first-order valence-corrected chi connectivity index (χ1v) is 9.55. The normalized spacial score (nSPS) is 13.4. The van der Waals surface area contributed by atoms with Gasteiger partial charge < -0.3 is 14.5 Å². The summed E-state index contributed by atoms with van der Waals surface area (Å²) >= 11 is 0. The zero-order valence-corrected chi connectivity index (χ0v) is 15.8. The van der Waals surface area contributed by atoms with E-state index in [1.165, 1.54) is 35.7 Å². The molecule has 4 heteroatoms. The average molecular weight is 344 g/mol. The molecule has 138 valence electrons. The van der Waals surface area contributed by atoms with Gasteiger partial charge in [0.25, 0.3) is 0 Å². The lowest BCUT2D eigenvalue weighted by atomic mass is 9.98. The standard InChI is InChI=1S/C21H32N2O2/c1-4-12-22-13-7-9-19-16-18(10-11-20(19)22)17-23(21(24)5-2)14-8-15-25-6-3/h5,10-11,16H,2,4,6-9,12-15,17H2,1,3H3. The molecule has 4 nitrogen and oxygen atoms in total. The second-order valence-corrected chi connectivity index (χ2v) is 6.57. The molecule has 0 unspecified atom stereocenters. The second kappa shape index (κ2) is 10.2. The molecule has 0 saturated heterocycles. The first-order chi connectivity index (χ1) is 12.2. The Kier molecular flexibility index (Phi) is 7.99. The number of carbonyl (C=O) groups is 1. The third kappa shape index (κ3) is 5.60. The van der Waals surface area contributed by atoms with Crippen LogP contribution in [0.2, 0.25) is 0 Å². The number of hydrogen-bond acceptors (Lipinski definition) is 3. The maximum absolute atomic E-state index is 12.2. The van der Waals surface area contributed by atoms with Gasteiger partial charge in [0.15, 0.2) is 0 Å². The molecule has 0 spiro atoms. The van der Waals surface area contributed by atoms with E-state index < -0.39 is 0 Å². The molecule has 0 fully saturated rings. The Bertz CT molecular complexity index is 571. The van der Waals surface area contributed by atoms with E-state index in [0.29, 0.717) is 26.3 Å². The Balaban J connectivity index is 2.05. The summed E-state index contributed by atoms with van der Waals surface area (Å²) in [4.78, 5) is 16.5. The highest BCUT2D eigenvalue weighted by atomic mass is 16.5. The van der Waals surface area contributed by atoms with Gasteiger partial charge in [-0.1, -0.05) is 25.6 Å². The van der Waals surface area contributed by atoms with Gasteiger partial charge in [-0.3, -0.25) is 4.79 Å². The molecular weight excluding hydrogens is 312 g/mol. The fourth-order valence-electron chi connectivity index (χ4n) is 3.45. The van der Waals surface area contributed by atoms with Crippen molar-refractivity contribution in [2.24, 2.45) is 0 Å². The Hall–Kier alpha value is -1.81. The van der Waals surface area contributed by atoms with Crippen molar-refractivity contribution in [2.75, 3.05) is 37.7 Å². The maximum Gasteiger partial charge on any atom is 0.246 e. The van der Waals surface area contributed by atoms with E-state index in [-0.39, 0.29) is 5.91 Å². The van der Waals surface area contributed by atoms with Crippen LogP contribution in [0, 0.1) is 0 Å². The van der Waals surface area contributed by atoms with Crippen molar-refractivity contribution in [2.45, 2.75) is 46.1 Å². The molecule has 0 aliphatic carbocycles. The highest BCUT2D eigenvalue weighted by molar-refractivity contribution is 5.87. The topological polar surface area (TPSA) is 32.8 Å². The van der Waals surface area contributed by atoms with Crippen molar-refractivity contribution in [1.82, 2.24) is 4.90 Å². The lowest BCUT2D eigenvalue weighted by Gasteiger charge is -2.32. The fourth-order valence-corrected chi connectivity index (χ4v) is 3.45. The monoisotopic (exact) mass is 344 g/mol. The number of fused-ring (bicyclic) bond motifs is 1. The molecule has 0 atom stereocenters.